The first kappa shape index (κ1) is 16.6. The molecule has 120 valence electrons. The summed E-state index contributed by atoms with van der Waals surface area (Å²) in [5.74, 6) is 0.315. The van der Waals surface area contributed by atoms with E-state index in [-0.39, 0.29) is 17.1 Å². The average molecular weight is 312 g/mol. The molecule has 4 heteroatoms. The Morgan fingerprint density at radius 2 is 1.78 bits per heavy atom. The lowest BCUT2D eigenvalue weighted by atomic mass is 10.1. The first-order valence-electron chi connectivity index (χ1n) is 7.55. The number of carbonyl (C=O) groups excluding carboxylic acids is 1. The van der Waals surface area contributed by atoms with Gasteiger partial charge in [0.15, 0.2) is 5.78 Å². The van der Waals surface area contributed by atoms with Crippen molar-refractivity contribution in [3.05, 3.63) is 59.7 Å². The van der Waals surface area contributed by atoms with E-state index in [1.54, 1.807) is 12.1 Å². The van der Waals surface area contributed by atoms with E-state index in [0.717, 1.165) is 5.56 Å². The van der Waals surface area contributed by atoms with E-state index in [4.69, 9.17) is 9.47 Å². The van der Waals surface area contributed by atoms with Crippen molar-refractivity contribution in [2.24, 2.45) is 0 Å². The van der Waals surface area contributed by atoms with Gasteiger partial charge in [0.05, 0.1) is 13.2 Å². The number of ether oxygens (including phenoxy) is 2. The number of phenolic OH excluding ortho intramolecular Hbond substituents is 1. The minimum absolute atomic E-state index is 0.141. The van der Waals surface area contributed by atoms with Gasteiger partial charge in [0.2, 0.25) is 0 Å². The number of rotatable bonds is 7. The minimum atomic E-state index is -0.321. The van der Waals surface area contributed by atoms with E-state index in [0.29, 0.717) is 24.7 Å². The molecule has 2 rings (SSSR count). The second-order valence-corrected chi connectivity index (χ2v) is 4.79. The van der Waals surface area contributed by atoms with Crippen molar-refractivity contribution in [1.29, 1.82) is 0 Å². The van der Waals surface area contributed by atoms with Crippen LogP contribution >= 0.6 is 0 Å². The molecule has 1 N–H and O–H groups in total. The summed E-state index contributed by atoms with van der Waals surface area (Å²) in [6, 6.07) is 12.5. The molecule has 0 saturated carbocycles. The monoisotopic (exact) mass is 312 g/mol. The standard InChI is InChI=1S/C19H20O4/c1-3-22-15-12-17(21)19(18(13-15)23-4-2)16(20)11-10-14-8-6-5-7-9-14/h5-13,21H,3-4H2,1-2H3. The van der Waals surface area contributed by atoms with Crippen LogP contribution in [0.25, 0.3) is 6.08 Å². The van der Waals surface area contributed by atoms with E-state index in [1.807, 2.05) is 44.2 Å². The quantitative estimate of drug-likeness (QED) is 0.618. The van der Waals surface area contributed by atoms with Crippen molar-refractivity contribution in [3.63, 3.8) is 0 Å². The molecule has 0 spiro atoms. The Labute approximate surface area is 136 Å². The molecule has 0 aliphatic carbocycles. The molecule has 0 aliphatic heterocycles. The van der Waals surface area contributed by atoms with Crippen LogP contribution in [0.15, 0.2) is 48.5 Å². The van der Waals surface area contributed by atoms with Gasteiger partial charge in [0.1, 0.15) is 22.8 Å². The summed E-state index contributed by atoms with van der Waals surface area (Å²) in [6.07, 6.45) is 3.13. The summed E-state index contributed by atoms with van der Waals surface area (Å²) in [6.45, 7) is 4.52. The number of carbonyl (C=O) groups is 1. The first-order chi connectivity index (χ1) is 11.2. The van der Waals surface area contributed by atoms with Crippen molar-refractivity contribution < 1.29 is 19.4 Å². The summed E-state index contributed by atoms with van der Waals surface area (Å²) in [5.41, 5.74) is 1.05. The van der Waals surface area contributed by atoms with Gasteiger partial charge < -0.3 is 14.6 Å². The highest BCUT2D eigenvalue weighted by molar-refractivity contribution is 6.10. The SMILES string of the molecule is CCOc1cc(O)c(C(=O)C=Cc2ccccc2)c(OCC)c1. The van der Waals surface area contributed by atoms with E-state index in [1.165, 1.54) is 12.1 Å². The van der Waals surface area contributed by atoms with Gasteiger partial charge in [-0.1, -0.05) is 36.4 Å². The predicted octanol–water partition coefficient (Wildman–Crippen LogP) is 4.09. The van der Waals surface area contributed by atoms with E-state index >= 15 is 0 Å². The summed E-state index contributed by atoms with van der Waals surface area (Å²) < 4.78 is 10.9. The van der Waals surface area contributed by atoms with Crippen molar-refractivity contribution in [2.45, 2.75) is 13.8 Å². The highest BCUT2D eigenvalue weighted by atomic mass is 16.5. The lowest BCUT2D eigenvalue weighted by Gasteiger charge is -2.12. The molecule has 0 saturated heterocycles. The fraction of sp³-hybridized carbons (Fsp3) is 0.211. The molecule has 0 radical (unpaired) electrons. The maximum absolute atomic E-state index is 12.4. The largest absolute Gasteiger partial charge is 0.507 e. The van der Waals surface area contributed by atoms with Crippen LogP contribution in [0.3, 0.4) is 0 Å². The molecule has 23 heavy (non-hydrogen) atoms. The van der Waals surface area contributed by atoms with Crippen LogP contribution in [0.5, 0.6) is 17.2 Å². The van der Waals surface area contributed by atoms with Crippen LogP contribution in [0.4, 0.5) is 0 Å². The van der Waals surface area contributed by atoms with Gasteiger partial charge in [-0.2, -0.15) is 0 Å². The molecule has 2 aromatic rings. The molecule has 0 atom stereocenters. The molecule has 4 nitrogen and oxygen atoms in total. The summed E-state index contributed by atoms with van der Waals surface area (Å²) in [4.78, 5) is 12.4. The summed E-state index contributed by atoms with van der Waals surface area (Å²) in [7, 11) is 0. The van der Waals surface area contributed by atoms with E-state index < -0.39 is 0 Å². The summed E-state index contributed by atoms with van der Waals surface area (Å²) in [5, 5.41) is 10.2. The van der Waals surface area contributed by atoms with Crippen molar-refractivity contribution in [2.75, 3.05) is 13.2 Å². The fourth-order valence-corrected chi connectivity index (χ4v) is 2.16. The van der Waals surface area contributed by atoms with Crippen LogP contribution in [-0.4, -0.2) is 24.1 Å². The molecule has 0 unspecified atom stereocenters. The molecule has 0 aliphatic rings. The van der Waals surface area contributed by atoms with Crippen molar-refractivity contribution >= 4 is 11.9 Å². The molecule has 0 amide bonds. The van der Waals surface area contributed by atoms with Crippen LogP contribution in [0.1, 0.15) is 29.8 Å². The number of ketones is 1. The van der Waals surface area contributed by atoms with Gasteiger partial charge >= 0.3 is 0 Å². The third-order valence-corrected chi connectivity index (χ3v) is 3.14. The van der Waals surface area contributed by atoms with Crippen molar-refractivity contribution in [3.8, 4) is 17.2 Å². The van der Waals surface area contributed by atoms with Gasteiger partial charge in [-0.15, -0.1) is 0 Å². The molecule has 0 fully saturated rings. The zero-order valence-corrected chi connectivity index (χ0v) is 13.3. The zero-order chi connectivity index (χ0) is 16.7. The highest BCUT2D eigenvalue weighted by Gasteiger charge is 2.17. The third-order valence-electron chi connectivity index (χ3n) is 3.14. The second kappa shape index (κ2) is 8.03. The first-order valence-corrected chi connectivity index (χ1v) is 7.55. The number of hydrogen-bond acceptors (Lipinski definition) is 4. The Hall–Kier alpha value is -2.75. The molecule has 2 aromatic carbocycles. The van der Waals surface area contributed by atoms with Crippen LogP contribution in [-0.2, 0) is 0 Å². The number of allylic oxidation sites excluding steroid dienone is 1. The Morgan fingerprint density at radius 1 is 1.09 bits per heavy atom. The lowest BCUT2D eigenvalue weighted by molar-refractivity contribution is 0.104. The molecule has 0 aromatic heterocycles. The van der Waals surface area contributed by atoms with Gasteiger partial charge in [-0.3, -0.25) is 4.79 Å². The average Bonchev–Trinajstić information content (AvgIpc) is 2.54. The van der Waals surface area contributed by atoms with Crippen molar-refractivity contribution in [1.82, 2.24) is 0 Å². The zero-order valence-electron chi connectivity index (χ0n) is 13.3. The molecular formula is C19H20O4. The summed E-state index contributed by atoms with van der Waals surface area (Å²) >= 11 is 0. The smallest absolute Gasteiger partial charge is 0.193 e. The maximum atomic E-state index is 12.4. The molecule has 0 bridgehead atoms. The number of hydrogen-bond donors (Lipinski definition) is 1. The second-order valence-electron chi connectivity index (χ2n) is 4.79. The normalized spacial score (nSPS) is 10.7. The lowest BCUT2D eigenvalue weighted by Crippen LogP contribution is -2.03. The number of aromatic hydroxyl groups is 1. The maximum Gasteiger partial charge on any atom is 0.193 e. The van der Waals surface area contributed by atoms with Crippen LogP contribution in [0, 0.1) is 0 Å². The van der Waals surface area contributed by atoms with Crippen LogP contribution < -0.4 is 9.47 Å². The van der Waals surface area contributed by atoms with Gasteiger partial charge in [0, 0.05) is 12.1 Å². The topological polar surface area (TPSA) is 55.8 Å². The highest BCUT2D eigenvalue weighted by Crippen LogP contribution is 2.34. The third kappa shape index (κ3) is 4.36. The molecular weight excluding hydrogens is 292 g/mol. The Kier molecular flexibility index (Phi) is 5.80. The number of phenols is 1. The Morgan fingerprint density at radius 3 is 2.43 bits per heavy atom. The molecule has 0 heterocycles. The van der Waals surface area contributed by atoms with Gasteiger partial charge in [-0.05, 0) is 25.5 Å². The Bertz CT molecular complexity index is 690. The van der Waals surface area contributed by atoms with E-state index in [2.05, 4.69) is 0 Å². The van der Waals surface area contributed by atoms with E-state index in [9.17, 15) is 9.90 Å². The van der Waals surface area contributed by atoms with Crippen LogP contribution in [0.2, 0.25) is 0 Å². The fourth-order valence-electron chi connectivity index (χ4n) is 2.16. The van der Waals surface area contributed by atoms with Gasteiger partial charge in [-0.25, -0.2) is 0 Å². The predicted molar refractivity (Wildman–Crippen MR) is 90.3 cm³/mol. The Balaban J connectivity index is 2.33. The minimum Gasteiger partial charge on any atom is -0.507 e. The van der Waals surface area contributed by atoms with Gasteiger partial charge in [0.25, 0.3) is 0 Å². The number of benzene rings is 2.